The lowest BCUT2D eigenvalue weighted by atomic mass is 9.32. The molecule has 4 aliphatic heterocycles. The van der Waals surface area contributed by atoms with Crippen LogP contribution in [0.25, 0.3) is 21.9 Å². The average molecular weight is 918 g/mol. The monoisotopic (exact) mass is 918 g/mol. The zero-order chi connectivity index (χ0) is 48.7. The predicted molar refractivity (Wildman–Crippen MR) is 301 cm³/mol. The number of hydrogen-bond donors (Lipinski definition) is 0. The summed E-state index contributed by atoms with van der Waals surface area (Å²) < 4.78 is 0. The molecule has 7 aromatic rings. The molecule has 0 spiro atoms. The summed E-state index contributed by atoms with van der Waals surface area (Å²) in [6, 6.07) is 48.5. The van der Waals surface area contributed by atoms with Crippen LogP contribution >= 0.6 is 0 Å². The third kappa shape index (κ3) is 5.66. The highest BCUT2D eigenvalue weighted by Crippen LogP contribution is 2.65. The average Bonchev–Trinajstić information content (AvgIpc) is 3.68. The van der Waals surface area contributed by atoms with E-state index in [4.69, 9.17) is 0 Å². The van der Waals surface area contributed by atoms with Gasteiger partial charge in [0.2, 0.25) is 0 Å². The first-order valence-corrected chi connectivity index (χ1v) is 26.9. The molecule has 0 N–H and O–H groups in total. The SMILES string of the molecule is Cc1cc(C)c2c3c1B1c4cc(C(C)(C)C)ccc4N(c4ccc(C(C)(C)C)cc4-c4ccc5ccccc5c4)c4cc(N5c6ccccc6C6(C)CCCCC56C)cc(c41)N3C1(C)CCCCC21C. The summed E-state index contributed by atoms with van der Waals surface area (Å²) in [6.07, 6.45) is 9.82. The summed E-state index contributed by atoms with van der Waals surface area (Å²) in [5.41, 5.74) is 25.0. The molecule has 7 aromatic carbocycles. The van der Waals surface area contributed by atoms with Gasteiger partial charge in [-0.1, -0.05) is 165 Å². The van der Waals surface area contributed by atoms with Gasteiger partial charge in [-0.25, -0.2) is 0 Å². The van der Waals surface area contributed by atoms with Crippen molar-refractivity contribution in [2.45, 2.75) is 167 Å². The van der Waals surface area contributed by atoms with Crippen LogP contribution < -0.4 is 31.1 Å². The summed E-state index contributed by atoms with van der Waals surface area (Å²) in [4.78, 5) is 8.58. The molecule has 13 rings (SSSR count). The fraction of sp³-hybridized carbons (Fsp3) is 0.394. The number of anilines is 7. The van der Waals surface area contributed by atoms with Crippen LogP contribution in [0.4, 0.5) is 39.8 Å². The van der Waals surface area contributed by atoms with E-state index in [1.54, 1.807) is 5.56 Å². The Balaban J connectivity index is 1.19. The van der Waals surface area contributed by atoms with Crippen molar-refractivity contribution in [3.05, 3.63) is 155 Å². The van der Waals surface area contributed by atoms with Gasteiger partial charge in [0.05, 0.1) is 16.8 Å². The van der Waals surface area contributed by atoms with Crippen molar-refractivity contribution >= 4 is 73.7 Å². The second-order valence-corrected chi connectivity index (χ2v) is 25.7. The molecule has 0 amide bonds. The van der Waals surface area contributed by atoms with E-state index >= 15 is 0 Å². The van der Waals surface area contributed by atoms with Gasteiger partial charge >= 0.3 is 0 Å². The largest absolute Gasteiger partial charge is 0.335 e. The Kier molecular flexibility index (Phi) is 9.13. The minimum atomic E-state index is -0.0899. The Morgan fingerprint density at radius 1 is 0.486 bits per heavy atom. The van der Waals surface area contributed by atoms with Crippen molar-refractivity contribution in [2.75, 3.05) is 14.7 Å². The van der Waals surface area contributed by atoms with E-state index in [9.17, 15) is 0 Å². The van der Waals surface area contributed by atoms with E-state index in [1.807, 2.05) is 0 Å². The van der Waals surface area contributed by atoms with Gasteiger partial charge < -0.3 is 14.7 Å². The van der Waals surface area contributed by atoms with Crippen molar-refractivity contribution < 1.29 is 0 Å². The summed E-state index contributed by atoms with van der Waals surface area (Å²) in [7, 11) is 0. The van der Waals surface area contributed by atoms with Crippen LogP contribution in [-0.2, 0) is 21.7 Å². The van der Waals surface area contributed by atoms with Crippen molar-refractivity contribution in [2.24, 2.45) is 0 Å². The number of para-hydroxylation sites is 1. The topological polar surface area (TPSA) is 9.72 Å². The lowest BCUT2D eigenvalue weighted by Crippen LogP contribution is -2.65. The van der Waals surface area contributed by atoms with Gasteiger partial charge in [0.1, 0.15) is 0 Å². The second kappa shape index (κ2) is 14.5. The van der Waals surface area contributed by atoms with Crippen molar-refractivity contribution in [3.63, 3.8) is 0 Å². The van der Waals surface area contributed by atoms with Crippen LogP contribution in [0.3, 0.4) is 0 Å². The van der Waals surface area contributed by atoms with E-state index in [1.165, 1.54) is 157 Å². The fourth-order valence-electron chi connectivity index (χ4n) is 15.7. The number of benzene rings is 7. The summed E-state index contributed by atoms with van der Waals surface area (Å²) in [5.74, 6) is 0. The molecule has 6 aliphatic rings. The number of rotatable bonds is 3. The molecule has 0 radical (unpaired) electrons. The minimum Gasteiger partial charge on any atom is -0.335 e. The maximum Gasteiger partial charge on any atom is 0.252 e. The van der Waals surface area contributed by atoms with Gasteiger partial charge in [0.15, 0.2) is 0 Å². The van der Waals surface area contributed by atoms with Crippen LogP contribution in [0.5, 0.6) is 0 Å². The highest BCUT2D eigenvalue weighted by molar-refractivity contribution is 7.00. The van der Waals surface area contributed by atoms with E-state index < -0.39 is 0 Å². The van der Waals surface area contributed by atoms with Crippen LogP contribution in [0.15, 0.2) is 121 Å². The van der Waals surface area contributed by atoms with Crippen LogP contribution in [-0.4, -0.2) is 17.8 Å². The molecule has 354 valence electrons. The van der Waals surface area contributed by atoms with E-state index in [0.29, 0.717) is 0 Å². The lowest BCUT2D eigenvalue weighted by Gasteiger charge is -2.54. The highest BCUT2D eigenvalue weighted by Gasteiger charge is 2.63. The molecule has 70 heavy (non-hydrogen) atoms. The first kappa shape index (κ1) is 44.2. The predicted octanol–water partition coefficient (Wildman–Crippen LogP) is 15.8. The number of hydrogen-bond acceptors (Lipinski definition) is 3. The maximum absolute atomic E-state index is 2.98. The van der Waals surface area contributed by atoms with Gasteiger partial charge in [0, 0.05) is 50.5 Å². The third-order valence-corrected chi connectivity index (χ3v) is 19.9. The van der Waals surface area contributed by atoms with Crippen LogP contribution in [0.2, 0.25) is 0 Å². The fourth-order valence-corrected chi connectivity index (χ4v) is 15.7. The Labute approximate surface area is 419 Å². The molecular formula is C66H72BN3. The lowest BCUT2D eigenvalue weighted by molar-refractivity contribution is 0.193. The third-order valence-electron chi connectivity index (χ3n) is 19.9. The summed E-state index contributed by atoms with van der Waals surface area (Å²) in [5, 5.41) is 2.54. The zero-order valence-electron chi connectivity index (χ0n) is 44.1. The zero-order valence-corrected chi connectivity index (χ0v) is 44.1. The van der Waals surface area contributed by atoms with Crippen LogP contribution in [0.1, 0.15) is 154 Å². The summed E-state index contributed by atoms with van der Waals surface area (Å²) >= 11 is 0. The molecule has 4 heteroatoms. The van der Waals surface area contributed by atoms with Crippen LogP contribution in [0, 0.1) is 13.8 Å². The van der Waals surface area contributed by atoms with Crippen molar-refractivity contribution in [1.82, 2.24) is 0 Å². The molecule has 4 heterocycles. The standard InChI is InChI=1S/C66H72BN3/c1-41-35-42(2)58-60-57(41)64(10)32-18-20-34-66(64,12)70(60)56-40-48(69-53-24-16-15-23-50(53)63(9)31-17-19-33-65(63,69)11)39-55-59(56)67(58)51-38-47(62(6,7)8)28-30-54(51)68(55)52-29-27-46(61(3,4)5)37-49(52)45-26-25-43-21-13-14-22-44(43)36-45/h13-16,21-30,35-40H,17-20,31-34H2,1-12H3. The van der Waals surface area contributed by atoms with Gasteiger partial charge in [-0.3, -0.25) is 0 Å². The van der Waals surface area contributed by atoms with Crippen molar-refractivity contribution in [3.8, 4) is 11.1 Å². The number of aryl methyl sites for hydroxylation is 2. The second-order valence-electron chi connectivity index (χ2n) is 25.7. The number of fused-ring (bicyclic) bond motifs is 11. The molecule has 0 saturated heterocycles. The molecule has 2 saturated carbocycles. The first-order chi connectivity index (χ1) is 33.3. The molecule has 4 unspecified atom stereocenters. The molecule has 2 aliphatic carbocycles. The van der Waals surface area contributed by atoms with E-state index in [2.05, 4.69) is 219 Å². The molecule has 0 aromatic heterocycles. The Morgan fingerprint density at radius 2 is 1.10 bits per heavy atom. The summed E-state index contributed by atoms with van der Waals surface area (Å²) in [6.45, 7) is 29.7. The molecule has 4 atom stereocenters. The van der Waals surface area contributed by atoms with Crippen molar-refractivity contribution in [1.29, 1.82) is 0 Å². The van der Waals surface area contributed by atoms with Gasteiger partial charge in [-0.2, -0.15) is 0 Å². The maximum atomic E-state index is 2.98. The highest BCUT2D eigenvalue weighted by atomic mass is 15.3. The molecule has 0 bridgehead atoms. The Morgan fingerprint density at radius 3 is 1.83 bits per heavy atom. The molecular weight excluding hydrogens is 846 g/mol. The minimum absolute atomic E-state index is 0.0134. The molecule has 3 nitrogen and oxygen atoms in total. The number of nitrogens with zero attached hydrogens (tertiary/aromatic N) is 3. The smallest absolute Gasteiger partial charge is 0.252 e. The Bertz CT molecular complexity index is 3390. The van der Waals surface area contributed by atoms with E-state index in [-0.39, 0.29) is 39.5 Å². The van der Waals surface area contributed by atoms with Gasteiger partial charge in [-0.05, 0) is 167 Å². The van der Waals surface area contributed by atoms with E-state index in [0.717, 1.165) is 0 Å². The Hall–Kier alpha value is -5.74. The normalized spacial score (nSPS) is 25.1. The van der Waals surface area contributed by atoms with Gasteiger partial charge in [0.25, 0.3) is 6.71 Å². The van der Waals surface area contributed by atoms with Gasteiger partial charge in [-0.15, -0.1) is 0 Å². The molecule has 2 fully saturated rings. The first-order valence-electron chi connectivity index (χ1n) is 26.9. The quantitative estimate of drug-likeness (QED) is 0.164.